The van der Waals surface area contributed by atoms with Gasteiger partial charge in [0, 0.05) is 12.5 Å². The molecule has 0 bridgehead atoms. The molecule has 28 heavy (non-hydrogen) atoms. The maximum atomic E-state index is 12.3. The maximum Gasteiger partial charge on any atom is 0.469 e. The van der Waals surface area contributed by atoms with E-state index in [4.69, 9.17) is 14.5 Å². The van der Waals surface area contributed by atoms with Crippen LogP contribution in [-0.2, 0) is 13.8 Å². The van der Waals surface area contributed by atoms with Gasteiger partial charge in [0.05, 0.1) is 18.4 Å². The van der Waals surface area contributed by atoms with Crippen molar-refractivity contribution < 1.29 is 28.7 Å². The lowest BCUT2D eigenvalue weighted by molar-refractivity contribution is -0.0452. The smallest absolute Gasteiger partial charge is 0.390 e. The van der Waals surface area contributed by atoms with Crippen LogP contribution in [0.25, 0.3) is 12.2 Å². The fourth-order valence-corrected chi connectivity index (χ4v) is 3.23. The number of rotatable bonds is 6. The normalized spacial score (nSPS) is 22.8. The van der Waals surface area contributed by atoms with Gasteiger partial charge in [-0.15, -0.1) is 0 Å². The van der Waals surface area contributed by atoms with E-state index in [0.717, 1.165) is 5.56 Å². The minimum atomic E-state index is -4.73. The largest absolute Gasteiger partial charge is 0.469 e. The van der Waals surface area contributed by atoms with Crippen molar-refractivity contribution in [2.75, 3.05) is 6.61 Å². The van der Waals surface area contributed by atoms with E-state index in [1.165, 1.54) is 10.6 Å². The molecule has 4 N–H and O–H groups in total. The van der Waals surface area contributed by atoms with E-state index in [9.17, 15) is 19.3 Å². The second kappa shape index (κ2) is 8.36. The Labute approximate surface area is 158 Å². The molecule has 2 heterocycles. The number of nitrogens with one attached hydrogen (secondary N) is 1. The third kappa shape index (κ3) is 5.14. The van der Waals surface area contributed by atoms with Crippen molar-refractivity contribution in [1.29, 1.82) is 0 Å². The van der Waals surface area contributed by atoms with Gasteiger partial charge in [-0.2, -0.15) is 0 Å². The molecule has 0 saturated carbocycles. The number of hydrogen-bond donors (Lipinski definition) is 4. The second-order valence-electron chi connectivity index (χ2n) is 6.20. The number of phosphoric ester groups is 1. The summed E-state index contributed by atoms with van der Waals surface area (Å²) < 4.78 is 21.9. The van der Waals surface area contributed by atoms with Gasteiger partial charge < -0.3 is 19.6 Å². The van der Waals surface area contributed by atoms with Crippen LogP contribution in [0.4, 0.5) is 0 Å². The van der Waals surface area contributed by atoms with Gasteiger partial charge in [-0.3, -0.25) is 18.9 Å². The van der Waals surface area contributed by atoms with E-state index in [0.29, 0.717) is 0 Å². The van der Waals surface area contributed by atoms with Gasteiger partial charge in [-0.1, -0.05) is 36.4 Å². The highest BCUT2D eigenvalue weighted by Gasteiger charge is 2.37. The van der Waals surface area contributed by atoms with Crippen LogP contribution in [0.15, 0.2) is 46.0 Å². The first kappa shape index (κ1) is 20.4. The van der Waals surface area contributed by atoms with Crippen LogP contribution in [0, 0.1) is 0 Å². The number of nitrogens with zero attached hydrogens (tertiary/aromatic N) is 1. The molecular formula is C17H19N2O8P. The van der Waals surface area contributed by atoms with Crippen molar-refractivity contribution >= 4 is 20.0 Å². The molecule has 0 amide bonds. The second-order valence-corrected chi connectivity index (χ2v) is 7.44. The van der Waals surface area contributed by atoms with Gasteiger partial charge in [-0.05, 0) is 11.6 Å². The van der Waals surface area contributed by atoms with Gasteiger partial charge in [-0.25, -0.2) is 9.36 Å². The average Bonchev–Trinajstić information content (AvgIpc) is 2.98. The highest BCUT2D eigenvalue weighted by molar-refractivity contribution is 7.46. The highest BCUT2D eigenvalue weighted by Crippen LogP contribution is 2.38. The van der Waals surface area contributed by atoms with E-state index in [-0.39, 0.29) is 12.1 Å². The Morgan fingerprint density at radius 1 is 1.25 bits per heavy atom. The zero-order valence-electron chi connectivity index (χ0n) is 14.5. The standard InChI is InChI=1S/C17H19N2O8P/c20-13-9-16(27-14(13)10-26-28(23,24)25)19-12(8-15(21)18-17(19)22)7-6-11-4-2-1-3-5-11/h1-8,13-14,16,20H,9-10H2,(H,18,21,22)(H2,23,24,25)/b7-6+/t13-,14+,16+/m0/s1. The van der Waals surface area contributed by atoms with Gasteiger partial charge in [0.1, 0.15) is 12.3 Å². The number of ether oxygens (including phenoxy) is 1. The van der Waals surface area contributed by atoms with Gasteiger partial charge in [0.15, 0.2) is 0 Å². The van der Waals surface area contributed by atoms with E-state index < -0.39 is 44.1 Å². The van der Waals surface area contributed by atoms with Crippen molar-refractivity contribution in [3.63, 3.8) is 0 Å². The topological polar surface area (TPSA) is 151 Å². The molecule has 1 saturated heterocycles. The van der Waals surface area contributed by atoms with Crippen molar-refractivity contribution in [1.82, 2.24) is 9.55 Å². The summed E-state index contributed by atoms with van der Waals surface area (Å²) in [6.07, 6.45) is 0.169. The monoisotopic (exact) mass is 410 g/mol. The lowest BCUT2D eigenvalue weighted by atomic mass is 10.2. The van der Waals surface area contributed by atoms with Crippen LogP contribution in [-0.4, -0.2) is 43.3 Å². The average molecular weight is 410 g/mol. The Morgan fingerprint density at radius 2 is 1.96 bits per heavy atom. The van der Waals surface area contributed by atoms with Crippen LogP contribution >= 0.6 is 7.82 Å². The van der Waals surface area contributed by atoms with E-state index >= 15 is 0 Å². The molecule has 1 aliphatic rings. The van der Waals surface area contributed by atoms with Crippen LogP contribution in [0.1, 0.15) is 23.9 Å². The third-order valence-corrected chi connectivity index (χ3v) is 4.64. The molecule has 3 rings (SSSR count). The van der Waals surface area contributed by atoms with Crippen LogP contribution in [0.3, 0.4) is 0 Å². The summed E-state index contributed by atoms with van der Waals surface area (Å²) in [6.45, 7) is -0.546. The minimum absolute atomic E-state index is 0.0205. The van der Waals surface area contributed by atoms with Crippen LogP contribution in [0.5, 0.6) is 0 Å². The number of H-pyrrole nitrogens is 1. The molecule has 2 aromatic rings. The molecule has 10 nitrogen and oxygen atoms in total. The van der Waals surface area contributed by atoms with E-state index in [1.54, 1.807) is 12.2 Å². The Kier molecular flexibility index (Phi) is 6.09. The Bertz CT molecular complexity index is 1010. The summed E-state index contributed by atoms with van der Waals surface area (Å²) in [5, 5.41) is 10.1. The number of aromatic nitrogens is 2. The van der Waals surface area contributed by atoms with Crippen LogP contribution < -0.4 is 11.2 Å². The number of benzene rings is 1. The highest BCUT2D eigenvalue weighted by atomic mass is 31.2. The van der Waals surface area contributed by atoms with E-state index in [2.05, 4.69) is 9.51 Å². The van der Waals surface area contributed by atoms with Gasteiger partial charge in [0.25, 0.3) is 5.56 Å². The summed E-state index contributed by atoms with van der Waals surface area (Å²) in [6, 6.07) is 10.4. The van der Waals surface area contributed by atoms with Crippen LogP contribution in [0.2, 0.25) is 0 Å². The molecule has 1 aromatic heterocycles. The fraction of sp³-hybridized carbons (Fsp3) is 0.294. The fourth-order valence-electron chi connectivity index (χ4n) is 2.89. The number of hydrogen-bond acceptors (Lipinski definition) is 6. The molecule has 0 radical (unpaired) electrons. The van der Waals surface area contributed by atoms with Crippen molar-refractivity contribution in [3.05, 3.63) is 68.5 Å². The Hall–Kier alpha value is -2.33. The SMILES string of the molecule is O=c1cc(/C=C/c2ccccc2)n([C@H]2C[C@H](O)[C@@H](COP(=O)(O)O)O2)c(=O)[nH]1. The minimum Gasteiger partial charge on any atom is -0.390 e. The molecule has 0 spiro atoms. The predicted octanol–water partition coefficient (Wildman–Crippen LogP) is 0.465. The molecule has 1 aliphatic heterocycles. The van der Waals surface area contributed by atoms with Crippen molar-refractivity contribution in [3.8, 4) is 0 Å². The molecule has 150 valence electrons. The van der Waals surface area contributed by atoms with Gasteiger partial charge >= 0.3 is 13.5 Å². The maximum absolute atomic E-state index is 12.3. The lowest BCUT2D eigenvalue weighted by Crippen LogP contribution is -2.34. The number of phosphoric acid groups is 1. The van der Waals surface area contributed by atoms with E-state index in [1.807, 2.05) is 30.3 Å². The Balaban J connectivity index is 1.87. The predicted molar refractivity (Wildman–Crippen MR) is 99.2 cm³/mol. The molecular weight excluding hydrogens is 391 g/mol. The van der Waals surface area contributed by atoms with Gasteiger partial charge in [0.2, 0.25) is 0 Å². The molecule has 3 atom stereocenters. The third-order valence-electron chi connectivity index (χ3n) is 4.15. The summed E-state index contributed by atoms with van der Waals surface area (Å²) >= 11 is 0. The molecule has 11 heteroatoms. The number of aromatic amines is 1. The summed E-state index contributed by atoms with van der Waals surface area (Å²) in [7, 11) is -4.73. The summed E-state index contributed by atoms with van der Waals surface area (Å²) in [4.78, 5) is 43.8. The van der Waals surface area contributed by atoms with Crippen molar-refractivity contribution in [2.24, 2.45) is 0 Å². The Morgan fingerprint density at radius 3 is 2.64 bits per heavy atom. The first-order chi connectivity index (χ1) is 13.2. The zero-order chi connectivity index (χ0) is 20.3. The quantitative estimate of drug-likeness (QED) is 0.502. The zero-order valence-corrected chi connectivity index (χ0v) is 15.4. The number of aliphatic hydroxyl groups is 1. The molecule has 0 aliphatic carbocycles. The first-order valence-corrected chi connectivity index (χ1v) is 9.88. The molecule has 0 unspecified atom stereocenters. The van der Waals surface area contributed by atoms with Crippen molar-refractivity contribution in [2.45, 2.75) is 24.9 Å². The summed E-state index contributed by atoms with van der Waals surface area (Å²) in [5.74, 6) is 0. The molecule has 1 fully saturated rings. The molecule has 1 aromatic carbocycles. The summed E-state index contributed by atoms with van der Waals surface area (Å²) in [5.41, 5.74) is -0.212. The first-order valence-electron chi connectivity index (χ1n) is 8.35. The number of aliphatic hydroxyl groups excluding tert-OH is 1. The lowest BCUT2D eigenvalue weighted by Gasteiger charge is -2.18.